The maximum atomic E-state index is 11.9. The highest BCUT2D eigenvalue weighted by atomic mass is 32.2. The third kappa shape index (κ3) is 5.08. The first-order chi connectivity index (χ1) is 12.7. The topological polar surface area (TPSA) is 47.6 Å². The van der Waals surface area contributed by atoms with Crippen LogP contribution in [0, 0.1) is 5.92 Å². The first kappa shape index (κ1) is 18.9. The summed E-state index contributed by atoms with van der Waals surface area (Å²) in [6.07, 6.45) is 5.33. The second kappa shape index (κ2) is 9.19. The molecule has 2 aromatic rings. The summed E-state index contributed by atoms with van der Waals surface area (Å²) in [4.78, 5) is 0. The molecule has 0 saturated carbocycles. The monoisotopic (exact) mass is 373 g/mol. The fourth-order valence-electron chi connectivity index (χ4n) is 3.26. The lowest BCUT2D eigenvalue weighted by atomic mass is 10.1. The number of ether oxygens (including phenoxy) is 1. The summed E-state index contributed by atoms with van der Waals surface area (Å²) in [7, 11) is 0. The van der Waals surface area contributed by atoms with Crippen molar-refractivity contribution in [1.82, 2.24) is 0 Å². The normalized spacial score (nSPS) is 16.9. The quantitative estimate of drug-likeness (QED) is 0.598. The van der Waals surface area contributed by atoms with E-state index in [2.05, 4.69) is 30.7 Å². The highest BCUT2D eigenvalue weighted by Gasteiger charge is 2.21. The van der Waals surface area contributed by atoms with Crippen molar-refractivity contribution in [2.24, 2.45) is 5.92 Å². The number of hydrogen-bond acceptors (Lipinski definition) is 3. The Labute approximate surface area is 158 Å². The molecule has 0 radical (unpaired) electrons. The second-order valence-corrected chi connectivity index (χ2v) is 7.81. The Morgan fingerprint density at radius 2 is 1.92 bits per heavy atom. The van der Waals surface area contributed by atoms with Gasteiger partial charge < -0.3 is 4.74 Å². The lowest BCUT2D eigenvalue weighted by molar-refractivity contribution is 0.337. The molecule has 0 aliphatic heterocycles. The highest BCUT2D eigenvalue weighted by molar-refractivity contribution is 7.81. The number of fused-ring (bicyclic) bond motifs is 1. The number of nitrogens with one attached hydrogen (secondary N) is 1. The van der Waals surface area contributed by atoms with Gasteiger partial charge in [0, 0.05) is 5.69 Å². The van der Waals surface area contributed by atoms with Crippen molar-refractivity contribution in [1.29, 1.82) is 0 Å². The predicted octanol–water partition coefficient (Wildman–Crippen LogP) is 5.41. The van der Waals surface area contributed by atoms with Crippen LogP contribution >= 0.6 is 0 Å². The molecule has 0 saturated heterocycles. The summed E-state index contributed by atoms with van der Waals surface area (Å²) in [5, 5.41) is 0. The molecule has 0 fully saturated rings. The van der Waals surface area contributed by atoms with E-state index in [0.29, 0.717) is 12.5 Å². The summed E-state index contributed by atoms with van der Waals surface area (Å²) in [6.45, 7) is 4.91. The van der Waals surface area contributed by atoms with Gasteiger partial charge in [-0.1, -0.05) is 38.8 Å². The molecule has 2 atom stereocenters. The van der Waals surface area contributed by atoms with E-state index in [0.717, 1.165) is 49.3 Å². The fourth-order valence-corrected chi connectivity index (χ4v) is 3.91. The Balaban J connectivity index is 1.56. The fraction of sp³-hybridized carbons (Fsp3) is 0.429. The lowest BCUT2D eigenvalue weighted by Crippen LogP contribution is -2.09. The van der Waals surface area contributed by atoms with Gasteiger partial charge in [0.25, 0.3) is 11.3 Å². The average Bonchev–Trinajstić information content (AvgIpc) is 3.02. The zero-order chi connectivity index (χ0) is 18.4. The number of unbranched alkanes of at least 4 members (excludes halogenated alkanes) is 2. The molecule has 2 aromatic carbocycles. The van der Waals surface area contributed by atoms with E-state index in [1.54, 1.807) is 0 Å². The largest absolute Gasteiger partial charge is 0.457 e. The van der Waals surface area contributed by atoms with Gasteiger partial charge in [0.1, 0.15) is 11.5 Å². The molecular formula is C21H27NO3S. The van der Waals surface area contributed by atoms with Crippen molar-refractivity contribution in [2.75, 3.05) is 11.3 Å². The van der Waals surface area contributed by atoms with E-state index in [1.807, 2.05) is 30.3 Å². The average molecular weight is 374 g/mol. The van der Waals surface area contributed by atoms with E-state index < -0.39 is 11.3 Å². The van der Waals surface area contributed by atoms with Crippen molar-refractivity contribution in [3.63, 3.8) is 0 Å². The van der Waals surface area contributed by atoms with Gasteiger partial charge in [-0.15, -0.1) is 0 Å². The summed E-state index contributed by atoms with van der Waals surface area (Å²) < 4.78 is 26.1. The van der Waals surface area contributed by atoms with Gasteiger partial charge >= 0.3 is 0 Å². The van der Waals surface area contributed by atoms with E-state index in [1.165, 1.54) is 11.1 Å². The first-order valence-electron chi connectivity index (χ1n) is 9.36. The van der Waals surface area contributed by atoms with E-state index in [4.69, 9.17) is 8.92 Å². The summed E-state index contributed by atoms with van der Waals surface area (Å²) >= 11 is -1.51. The van der Waals surface area contributed by atoms with Crippen LogP contribution in [0.2, 0.25) is 0 Å². The van der Waals surface area contributed by atoms with Crippen LogP contribution in [0.3, 0.4) is 0 Å². The van der Waals surface area contributed by atoms with Gasteiger partial charge in [-0.3, -0.25) is 8.91 Å². The maximum absolute atomic E-state index is 11.9. The molecule has 0 amide bonds. The molecule has 1 aliphatic rings. The van der Waals surface area contributed by atoms with Gasteiger partial charge in [-0.05, 0) is 66.6 Å². The molecule has 1 aliphatic carbocycles. The summed E-state index contributed by atoms with van der Waals surface area (Å²) in [5.41, 5.74) is 3.46. The van der Waals surface area contributed by atoms with Crippen LogP contribution in [0.4, 0.5) is 5.69 Å². The van der Waals surface area contributed by atoms with E-state index in [-0.39, 0.29) is 0 Å². The SMILES string of the molecule is CCCCCOS(=O)Nc1ccc(Oc2cccc3c2CC(C)C3)cc1. The van der Waals surface area contributed by atoms with Crippen LogP contribution in [0.15, 0.2) is 42.5 Å². The number of benzene rings is 2. The highest BCUT2D eigenvalue weighted by Crippen LogP contribution is 2.36. The van der Waals surface area contributed by atoms with Crippen molar-refractivity contribution >= 4 is 17.0 Å². The molecular weight excluding hydrogens is 346 g/mol. The number of rotatable bonds is 9. The van der Waals surface area contributed by atoms with Crippen molar-refractivity contribution in [3.8, 4) is 11.5 Å². The molecule has 4 nitrogen and oxygen atoms in total. The molecule has 0 spiro atoms. The number of anilines is 1. The predicted molar refractivity (Wildman–Crippen MR) is 107 cm³/mol. The van der Waals surface area contributed by atoms with Gasteiger partial charge in [0.05, 0.1) is 6.61 Å². The van der Waals surface area contributed by atoms with Gasteiger partial charge in [-0.25, -0.2) is 4.21 Å². The van der Waals surface area contributed by atoms with Gasteiger partial charge in [0.15, 0.2) is 0 Å². The molecule has 0 heterocycles. The minimum absolute atomic E-state index is 0.506. The van der Waals surface area contributed by atoms with Crippen LogP contribution in [0.25, 0.3) is 0 Å². The van der Waals surface area contributed by atoms with Crippen molar-refractivity contribution in [3.05, 3.63) is 53.6 Å². The van der Waals surface area contributed by atoms with Crippen LogP contribution < -0.4 is 9.46 Å². The van der Waals surface area contributed by atoms with Crippen LogP contribution in [0.1, 0.15) is 44.2 Å². The maximum Gasteiger partial charge on any atom is 0.261 e. The Bertz CT molecular complexity index is 745. The van der Waals surface area contributed by atoms with Gasteiger partial charge in [-0.2, -0.15) is 0 Å². The van der Waals surface area contributed by atoms with Crippen LogP contribution in [-0.2, 0) is 28.3 Å². The minimum atomic E-state index is -1.51. The zero-order valence-corrected chi connectivity index (χ0v) is 16.3. The van der Waals surface area contributed by atoms with Gasteiger partial charge in [0.2, 0.25) is 0 Å². The minimum Gasteiger partial charge on any atom is -0.457 e. The Hall–Kier alpha value is -1.85. The van der Waals surface area contributed by atoms with Crippen molar-refractivity contribution in [2.45, 2.75) is 46.0 Å². The molecule has 26 heavy (non-hydrogen) atoms. The molecule has 1 N–H and O–H groups in total. The molecule has 5 heteroatoms. The van der Waals surface area contributed by atoms with Crippen LogP contribution in [0.5, 0.6) is 11.5 Å². The lowest BCUT2D eigenvalue weighted by Gasteiger charge is -2.11. The zero-order valence-electron chi connectivity index (χ0n) is 15.5. The number of hydrogen-bond donors (Lipinski definition) is 1. The Morgan fingerprint density at radius 1 is 1.12 bits per heavy atom. The molecule has 0 bridgehead atoms. The smallest absolute Gasteiger partial charge is 0.261 e. The van der Waals surface area contributed by atoms with Crippen molar-refractivity contribution < 1.29 is 13.1 Å². The summed E-state index contributed by atoms with van der Waals surface area (Å²) in [5.74, 6) is 2.39. The third-order valence-corrected chi connectivity index (χ3v) is 5.36. The molecule has 0 aromatic heterocycles. The van der Waals surface area contributed by atoms with E-state index in [9.17, 15) is 4.21 Å². The molecule has 2 unspecified atom stereocenters. The van der Waals surface area contributed by atoms with E-state index >= 15 is 0 Å². The first-order valence-corrected chi connectivity index (χ1v) is 10.4. The molecule has 140 valence electrons. The second-order valence-electron chi connectivity index (χ2n) is 6.90. The Kier molecular flexibility index (Phi) is 6.69. The summed E-state index contributed by atoms with van der Waals surface area (Å²) in [6, 6.07) is 13.8. The molecule has 3 rings (SSSR count). The standard InChI is InChI=1S/C21H27NO3S/c1-3-4-5-13-24-26(23)22-18-9-11-19(12-10-18)25-21-8-6-7-17-14-16(2)15-20(17)21/h6-12,16,22H,3-5,13-15H2,1-2H3. The van der Waals surface area contributed by atoms with Crippen LogP contribution in [-0.4, -0.2) is 10.8 Å². The third-order valence-electron chi connectivity index (χ3n) is 4.57. The Morgan fingerprint density at radius 3 is 2.69 bits per heavy atom.